The Labute approximate surface area is 62.4 Å². The van der Waals surface area contributed by atoms with E-state index in [4.69, 9.17) is 0 Å². The van der Waals surface area contributed by atoms with Crippen molar-refractivity contribution in [3.63, 3.8) is 0 Å². The number of aliphatic hydroxyl groups is 1. The van der Waals surface area contributed by atoms with Crippen LogP contribution in [0.25, 0.3) is 0 Å². The summed E-state index contributed by atoms with van der Waals surface area (Å²) in [7, 11) is 0. The van der Waals surface area contributed by atoms with Crippen LogP contribution in [0.1, 0.15) is 44.9 Å². The minimum atomic E-state index is -0.221. The van der Waals surface area contributed by atoms with Crippen LogP contribution in [-0.2, 0) is 0 Å². The van der Waals surface area contributed by atoms with Crippen LogP contribution in [0, 0.1) is 5.92 Å². The van der Waals surface area contributed by atoms with Crippen molar-refractivity contribution in [2.24, 2.45) is 5.92 Å². The van der Waals surface area contributed by atoms with Gasteiger partial charge in [0, 0.05) is 0 Å². The molecule has 0 heterocycles. The second kappa shape index (κ2) is 2.23. The largest absolute Gasteiger partial charge is 0.390 e. The fraction of sp³-hybridized carbons (Fsp3) is 1.00. The Morgan fingerprint density at radius 1 is 1.10 bits per heavy atom. The minimum Gasteiger partial charge on any atom is -0.390 e. The van der Waals surface area contributed by atoms with Gasteiger partial charge < -0.3 is 5.11 Å². The van der Waals surface area contributed by atoms with Gasteiger partial charge in [0.2, 0.25) is 0 Å². The molecule has 0 unspecified atom stereocenters. The summed E-state index contributed by atoms with van der Waals surface area (Å²) >= 11 is 0. The van der Waals surface area contributed by atoms with Crippen molar-refractivity contribution >= 4 is 0 Å². The lowest BCUT2D eigenvalue weighted by molar-refractivity contribution is -0.0468. The molecule has 0 aromatic rings. The molecule has 1 heteroatoms. The molecule has 1 N–H and O–H groups in total. The molecule has 2 rings (SSSR count). The molecule has 2 fully saturated rings. The van der Waals surface area contributed by atoms with Gasteiger partial charge in [-0.15, -0.1) is 0 Å². The molecule has 2 bridgehead atoms. The molecular formula is C9H16O. The van der Waals surface area contributed by atoms with Gasteiger partial charge in [0.05, 0.1) is 5.60 Å². The molecule has 0 aliphatic heterocycles. The molecule has 0 atom stereocenters. The molecule has 0 aromatic heterocycles. The fourth-order valence-electron chi connectivity index (χ4n) is 2.65. The van der Waals surface area contributed by atoms with Crippen LogP contribution in [0.2, 0.25) is 0 Å². The van der Waals surface area contributed by atoms with Gasteiger partial charge in [-0.1, -0.05) is 25.7 Å². The molecule has 0 amide bonds. The van der Waals surface area contributed by atoms with Crippen molar-refractivity contribution in [3.05, 3.63) is 0 Å². The van der Waals surface area contributed by atoms with Gasteiger partial charge in [-0.2, -0.15) is 0 Å². The van der Waals surface area contributed by atoms with Crippen molar-refractivity contribution in [1.29, 1.82) is 0 Å². The van der Waals surface area contributed by atoms with Gasteiger partial charge in [-0.05, 0) is 25.2 Å². The summed E-state index contributed by atoms with van der Waals surface area (Å²) in [4.78, 5) is 0. The predicted octanol–water partition coefficient (Wildman–Crippen LogP) is 2.09. The summed E-state index contributed by atoms with van der Waals surface area (Å²) < 4.78 is 0. The van der Waals surface area contributed by atoms with Gasteiger partial charge in [-0.3, -0.25) is 0 Å². The molecule has 0 aromatic carbocycles. The lowest BCUT2D eigenvalue weighted by atomic mass is 9.69. The van der Waals surface area contributed by atoms with Crippen LogP contribution < -0.4 is 0 Å². The van der Waals surface area contributed by atoms with E-state index in [0.717, 1.165) is 25.2 Å². The first kappa shape index (κ1) is 6.66. The normalized spacial score (nSPS) is 47.1. The molecule has 0 radical (unpaired) electrons. The number of hydrogen-bond donors (Lipinski definition) is 1. The zero-order valence-corrected chi connectivity index (χ0v) is 6.47. The van der Waals surface area contributed by atoms with Crippen LogP contribution in [0.3, 0.4) is 0 Å². The zero-order chi connectivity index (χ0) is 7.03. The van der Waals surface area contributed by atoms with E-state index in [0.29, 0.717) is 0 Å². The molecule has 2 aliphatic rings. The van der Waals surface area contributed by atoms with Gasteiger partial charge in [-0.25, -0.2) is 0 Å². The van der Waals surface area contributed by atoms with Crippen molar-refractivity contribution < 1.29 is 5.11 Å². The molecule has 0 spiro atoms. The third-order valence-electron chi connectivity index (χ3n) is 3.18. The lowest BCUT2D eigenvalue weighted by Gasteiger charge is -2.41. The van der Waals surface area contributed by atoms with E-state index in [1.165, 1.54) is 25.7 Å². The van der Waals surface area contributed by atoms with E-state index in [-0.39, 0.29) is 5.60 Å². The van der Waals surface area contributed by atoms with E-state index < -0.39 is 0 Å². The van der Waals surface area contributed by atoms with E-state index >= 15 is 0 Å². The number of fused-ring (bicyclic) bond motifs is 2. The average Bonchev–Trinajstić information content (AvgIpc) is 1.86. The highest BCUT2D eigenvalue weighted by molar-refractivity contribution is 4.90. The molecule has 2 aliphatic carbocycles. The maximum Gasteiger partial charge on any atom is 0.0650 e. The Hall–Kier alpha value is -0.0400. The molecule has 1 nitrogen and oxygen atoms in total. The summed E-state index contributed by atoms with van der Waals surface area (Å²) in [5.74, 6) is 0.868. The van der Waals surface area contributed by atoms with Crippen LogP contribution in [-0.4, -0.2) is 10.7 Å². The monoisotopic (exact) mass is 140 g/mol. The van der Waals surface area contributed by atoms with E-state index in [1.54, 1.807) is 0 Å². The Morgan fingerprint density at radius 3 is 2.10 bits per heavy atom. The predicted molar refractivity (Wildman–Crippen MR) is 40.8 cm³/mol. The van der Waals surface area contributed by atoms with Crippen molar-refractivity contribution in [2.45, 2.75) is 50.5 Å². The molecule has 10 heavy (non-hydrogen) atoms. The maximum absolute atomic E-state index is 9.90. The zero-order valence-electron chi connectivity index (χ0n) is 6.47. The van der Waals surface area contributed by atoms with E-state index in [9.17, 15) is 5.11 Å². The number of rotatable bonds is 0. The molecule has 58 valence electrons. The van der Waals surface area contributed by atoms with Crippen LogP contribution in [0.5, 0.6) is 0 Å². The van der Waals surface area contributed by atoms with Crippen LogP contribution in [0.15, 0.2) is 0 Å². The summed E-state index contributed by atoms with van der Waals surface area (Å²) in [5.41, 5.74) is -0.221. The summed E-state index contributed by atoms with van der Waals surface area (Å²) in [6, 6.07) is 0. The summed E-state index contributed by atoms with van der Waals surface area (Å²) in [6.07, 6.45) is 8.53. The van der Waals surface area contributed by atoms with Crippen molar-refractivity contribution in [2.75, 3.05) is 0 Å². The molecule has 0 saturated heterocycles. The van der Waals surface area contributed by atoms with Gasteiger partial charge in [0.1, 0.15) is 0 Å². The first-order valence-electron chi connectivity index (χ1n) is 4.51. The topological polar surface area (TPSA) is 20.2 Å². The SMILES string of the molecule is OC12CCCC(CCC1)C2. The van der Waals surface area contributed by atoms with Gasteiger partial charge >= 0.3 is 0 Å². The summed E-state index contributed by atoms with van der Waals surface area (Å²) in [6.45, 7) is 0. The molecule has 2 saturated carbocycles. The lowest BCUT2D eigenvalue weighted by Crippen LogP contribution is -2.38. The Morgan fingerprint density at radius 2 is 1.70 bits per heavy atom. The third kappa shape index (κ3) is 1.07. The molecular weight excluding hydrogens is 124 g/mol. The van der Waals surface area contributed by atoms with Crippen molar-refractivity contribution in [1.82, 2.24) is 0 Å². The Bertz CT molecular complexity index is 121. The van der Waals surface area contributed by atoms with E-state index in [2.05, 4.69) is 0 Å². The Balaban J connectivity index is 2.07. The highest BCUT2D eigenvalue weighted by Gasteiger charge is 2.36. The fourth-order valence-corrected chi connectivity index (χ4v) is 2.65. The third-order valence-corrected chi connectivity index (χ3v) is 3.18. The van der Waals surface area contributed by atoms with Crippen LogP contribution >= 0.6 is 0 Å². The van der Waals surface area contributed by atoms with Crippen LogP contribution in [0.4, 0.5) is 0 Å². The van der Waals surface area contributed by atoms with Crippen molar-refractivity contribution in [3.8, 4) is 0 Å². The minimum absolute atomic E-state index is 0.221. The standard InChI is InChI=1S/C9H16O/c10-9-5-1-3-8(7-9)4-2-6-9/h8,10H,1-7H2. The first-order chi connectivity index (χ1) is 4.79. The Kier molecular flexibility index (Phi) is 1.48. The second-order valence-electron chi connectivity index (χ2n) is 4.08. The second-order valence-corrected chi connectivity index (χ2v) is 4.08. The maximum atomic E-state index is 9.90. The van der Waals surface area contributed by atoms with Gasteiger partial charge in [0.25, 0.3) is 0 Å². The smallest absolute Gasteiger partial charge is 0.0650 e. The number of hydrogen-bond acceptors (Lipinski definition) is 1. The van der Waals surface area contributed by atoms with Gasteiger partial charge in [0.15, 0.2) is 0 Å². The highest BCUT2D eigenvalue weighted by atomic mass is 16.3. The van der Waals surface area contributed by atoms with E-state index in [1.807, 2.05) is 0 Å². The first-order valence-corrected chi connectivity index (χ1v) is 4.51. The average molecular weight is 140 g/mol. The summed E-state index contributed by atoms with van der Waals surface area (Å²) in [5, 5.41) is 9.90. The highest BCUT2D eigenvalue weighted by Crippen LogP contribution is 2.42. The quantitative estimate of drug-likeness (QED) is 0.546.